The van der Waals surface area contributed by atoms with E-state index in [1.165, 1.54) is 28.6 Å². The Hall–Kier alpha value is -2.43. The van der Waals surface area contributed by atoms with Gasteiger partial charge in [0.1, 0.15) is 6.04 Å². The summed E-state index contributed by atoms with van der Waals surface area (Å²) in [5.74, 6) is -0.502. The third-order valence-corrected chi connectivity index (χ3v) is 8.33. The minimum absolute atomic E-state index is 0.128. The second kappa shape index (κ2) is 10.5. The quantitative estimate of drug-likeness (QED) is 0.561. The topological polar surface area (TPSA) is 104 Å². The molecule has 0 heterocycles. The summed E-state index contributed by atoms with van der Waals surface area (Å²) in [6, 6.07) is 11.8. The van der Waals surface area contributed by atoms with E-state index in [2.05, 4.69) is 5.32 Å². The van der Waals surface area contributed by atoms with Gasteiger partial charge in [-0.15, -0.1) is 0 Å². The Balaban J connectivity index is 2.30. The second-order valence-electron chi connectivity index (χ2n) is 7.42. The van der Waals surface area contributed by atoms with Crippen molar-refractivity contribution in [2.75, 3.05) is 29.0 Å². The molecule has 0 aromatic heterocycles. The average Bonchev–Trinajstić information content (AvgIpc) is 2.73. The maximum atomic E-state index is 13.0. The van der Waals surface area contributed by atoms with Gasteiger partial charge in [-0.25, -0.2) is 16.8 Å². The van der Waals surface area contributed by atoms with Gasteiger partial charge in [-0.1, -0.05) is 38.5 Å². The highest BCUT2D eigenvalue weighted by Gasteiger charge is 2.31. The summed E-state index contributed by atoms with van der Waals surface area (Å²) in [4.78, 5) is 13.1. The third kappa shape index (κ3) is 5.87. The van der Waals surface area contributed by atoms with Gasteiger partial charge in [0.15, 0.2) is 0 Å². The molecule has 1 N–H and O–H groups in total. The van der Waals surface area contributed by atoms with Gasteiger partial charge in [0.2, 0.25) is 26.0 Å². The van der Waals surface area contributed by atoms with Gasteiger partial charge < -0.3 is 5.32 Å². The van der Waals surface area contributed by atoms with Gasteiger partial charge in [0.05, 0.1) is 16.8 Å². The van der Waals surface area contributed by atoms with Crippen LogP contribution < -0.4 is 9.62 Å². The summed E-state index contributed by atoms with van der Waals surface area (Å²) in [6.45, 7) is 7.87. The largest absolute Gasteiger partial charge is 0.324 e. The van der Waals surface area contributed by atoms with Gasteiger partial charge in [-0.2, -0.15) is 4.31 Å². The lowest BCUT2D eigenvalue weighted by Crippen LogP contribution is -2.47. The maximum Gasteiger partial charge on any atom is 0.248 e. The van der Waals surface area contributed by atoms with E-state index < -0.39 is 32.0 Å². The molecule has 2 aromatic rings. The molecule has 0 aliphatic rings. The number of amides is 1. The second-order valence-corrected chi connectivity index (χ2v) is 11.2. The number of nitrogens with one attached hydrogen (secondary N) is 1. The zero-order valence-electron chi connectivity index (χ0n) is 19.1. The molecular weight excluding hydrogens is 450 g/mol. The molecule has 1 atom stereocenters. The van der Waals surface area contributed by atoms with Crippen LogP contribution in [0.15, 0.2) is 53.4 Å². The Morgan fingerprint density at radius 1 is 0.906 bits per heavy atom. The number of hydrogen-bond donors (Lipinski definition) is 1. The van der Waals surface area contributed by atoms with Crippen LogP contribution in [0.3, 0.4) is 0 Å². The van der Waals surface area contributed by atoms with E-state index in [1.54, 1.807) is 45.0 Å². The Bertz CT molecular complexity index is 1130. The standard InChI is InChI=1S/C22H31N3O5S2/c1-6-21(25(31(5,27)28)19-13-9-17(4)10-14-19)22(26)23-18-11-15-20(16-12-18)32(29,30)24(7-2)8-3/h9-16,21H,6-8H2,1-5H3,(H,23,26)/t21-/m0/s1. The van der Waals surface area contributed by atoms with Crippen LogP contribution in [-0.2, 0) is 24.8 Å². The SMILES string of the molecule is CC[C@@H](C(=O)Nc1ccc(S(=O)(=O)N(CC)CC)cc1)N(c1ccc(C)cc1)S(C)(=O)=O. The highest BCUT2D eigenvalue weighted by molar-refractivity contribution is 7.92. The molecule has 2 rings (SSSR count). The number of sulfonamides is 2. The first-order valence-electron chi connectivity index (χ1n) is 10.4. The lowest BCUT2D eigenvalue weighted by Gasteiger charge is -2.30. The number of hydrogen-bond acceptors (Lipinski definition) is 5. The molecule has 0 fully saturated rings. The van der Waals surface area contributed by atoms with Crippen LogP contribution >= 0.6 is 0 Å². The molecular formula is C22H31N3O5S2. The Morgan fingerprint density at radius 2 is 1.44 bits per heavy atom. The van der Waals surface area contributed by atoms with E-state index in [0.717, 1.165) is 16.1 Å². The lowest BCUT2D eigenvalue weighted by molar-refractivity contribution is -0.117. The molecule has 10 heteroatoms. The first kappa shape index (κ1) is 25.8. The van der Waals surface area contributed by atoms with E-state index >= 15 is 0 Å². The van der Waals surface area contributed by atoms with E-state index in [1.807, 2.05) is 6.92 Å². The smallest absolute Gasteiger partial charge is 0.248 e. The maximum absolute atomic E-state index is 13.0. The van der Waals surface area contributed by atoms with Crippen LogP contribution in [0.5, 0.6) is 0 Å². The van der Waals surface area contributed by atoms with Crippen LogP contribution in [0.1, 0.15) is 32.8 Å². The molecule has 8 nitrogen and oxygen atoms in total. The van der Waals surface area contributed by atoms with Gasteiger partial charge in [-0.3, -0.25) is 9.10 Å². The van der Waals surface area contributed by atoms with Gasteiger partial charge in [0.25, 0.3) is 0 Å². The molecule has 0 aliphatic carbocycles. The molecule has 2 aromatic carbocycles. The molecule has 0 saturated heterocycles. The number of rotatable bonds is 10. The molecule has 0 saturated carbocycles. The fourth-order valence-corrected chi connectivity index (χ4v) is 6.07. The van der Waals surface area contributed by atoms with E-state index in [0.29, 0.717) is 24.5 Å². The van der Waals surface area contributed by atoms with Crippen molar-refractivity contribution in [2.45, 2.75) is 45.1 Å². The average molecular weight is 482 g/mol. The first-order chi connectivity index (χ1) is 14.9. The summed E-state index contributed by atoms with van der Waals surface area (Å²) >= 11 is 0. The molecule has 0 radical (unpaired) electrons. The zero-order chi connectivity index (χ0) is 24.1. The lowest BCUT2D eigenvalue weighted by atomic mass is 10.1. The molecule has 0 spiro atoms. The van der Waals surface area contributed by atoms with Gasteiger partial charge in [0, 0.05) is 18.8 Å². The molecule has 0 bridgehead atoms. The fraction of sp³-hybridized carbons (Fsp3) is 0.409. The van der Waals surface area contributed by atoms with Gasteiger partial charge in [-0.05, 0) is 49.7 Å². The summed E-state index contributed by atoms with van der Waals surface area (Å²) < 4.78 is 52.8. The predicted octanol–water partition coefficient (Wildman–Crippen LogP) is 3.21. The highest BCUT2D eigenvalue weighted by Crippen LogP contribution is 2.24. The summed E-state index contributed by atoms with van der Waals surface area (Å²) in [7, 11) is -7.34. The van der Waals surface area contributed by atoms with Crippen LogP contribution in [0, 0.1) is 6.92 Å². The predicted molar refractivity (Wildman–Crippen MR) is 128 cm³/mol. The van der Waals surface area contributed by atoms with E-state index in [9.17, 15) is 21.6 Å². The van der Waals surface area contributed by atoms with Crippen molar-refractivity contribution in [3.63, 3.8) is 0 Å². The van der Waals surface area contributed by atoms with Crippen LogP contribution in [0.2, 0.25) is 0 Å². The molecule has 32 heavy (non-hydrogen) atoms. The van der Waals surface area contributed by atoms with E-state index in [4.69, 9.17) is 0 Å². The Morgan fingerprint density at radius 3 is 1.88 bits per heavy atom. The van der Waals surface area contributed by atoms with Crippen LogP contribution in [0.4, 0.5) is 11.4 Å². The Labute approximate surface area is 191 Å². The third-order valence-electron chi connectivity index (χ3n) is 5.08. The summed E-state index contributed by atoms with van der Waals surface area (Å²) in [6.07, 6.45) is 1.32. The summed E-state index contributed by atoms with van der Waals surface area (Å²) in [5, 5.41) is 2.71. The van der Waals surface area contributed by atoms with Crippen molar-refractivity contribution in [1.29, 1.82) is 0 Å². The number of carbonyl (C=O) groups excluding carboxylic acids is 1. The molecule has 0 unspecified atom stereocenters. The zero-order valence-corrected chi connectivity index (χ0v) is 20.7. The van der Waals surface area contributed by atoms with Gasteiger partial charge >= 0.3 is 0 Å². The van der Waals surface area contributed by atoms with Crippen molar-refractivity contribution in [2.24, 2.45) is 0 Å². The number of carbonyl (C=O) groups is 1. The van der Waals surface area contributed by atoms with E-state index in [-0.39, 0.29) is 11.3 Å². The normalized spacial score (nSPS) is 13.1. The van der Waals surface area contributed by atoms with Crippen molar-refractivity contribution in [3.8, 4) is 0 Å². The number of nitrogens with zero attached hydrogens (tertiary/aromatic N) is 2. The first-order valence-corrected chi connectivity index (χ1v) is 13.7. The minimum atomic E-state index is -3.73. The highest BCUT2D eigenvalue weighted by atomic mass is 32.2. The Kier molecular flexibility index (Phi) is 8.44. The molecule has 176 valence electrons. The number of anilines is 2. The molecule has 0 aliphatic heterocycles. The molecule has 1 amide bonds. The minimum Gasteiger partial charge on any atom is -0.324 e. The van der Waals surface area contributed by atoms with Crippen LogP contribution in [0.25, 0.3) is 0 Å². The van der Waals surface area contributed by atoms with Crippen LogP contribution in [-0.4, -0.2) is 52.4 Å². The fourth-order valence-electron chi connectivity index (χ4n) is 3.40. The van der Waals surface area contributed by atoms with Crippen molar-refractivity contribution >= 4 is 37.3 Å². The van der Waals surface area contributed by atoms with Crippen molar-refractivity contribution in [1.82, 2.24) is 4.31 Å². The van der Waals surface area contributed by atoms with Crippen molar-refractivity contribution < 1.29 is 21.6 Å². The number of aryl methyl sites for hydroxylation is 1. The summed E-state index contributed by atoms with van der Waals surface area (Å²) in [5.41, 5.74) is 1.75. The monoisotopic (exact) mass is 481 g/mol. The van der Waals surface area contributed by atoms with Crippen molar-refractivity contribution in [3.05, 3.63) is 54.1 Å². The number of benzene rings is 2.